The third-order valence-electron chi connectivity index (χ3n) is 3.97. The number of ketones is 1. The second-order valence-corrected chi connectivity index (χ2v) is 6.24. The van der Waals surface area contributed by atoms with Crippen LogP contribution in [0.15, 0.2) is 53.2 Å². The Hall–Kier alpha value is -2.73. The van der Waals surface area contributed by atoms with Gasteiger partial charge in [0.1, 0.15) is 23.7 Å². The molecule has 1 aliphatic rings. The minimum absolute atomic E-state index is 0.0176. The van der Waals surface area contributed by atoms with Crippen molar-refractivity contribution < 1.29 is 13.9 Å². The molecule has 0 amide bonds. The van der Waals surface area contributed by atoms with Crippen molar-refractivity contribution in [2.24, 2.45) is 0 Å². The fraction of sp³-hybridized carbons (Fsp3) is 0.211. The predicted octanol–water partition coefficient (Wildman–Crippen LogP) is 4.91. The molecule has 7 heteroatoms. The van der Waals surface area contributed by atoms with E-state index in [-0.39, 0.29) is 17.9 Å². The molecule has 1 N–H and O–H groups in total. The number of rotatable bonds is 4. The number of carbonyl (C=O) groups is 1. The number of carbonyl (C=O) groups excluding carboxylic acids is 1. The Morgan fingerprint density at radius 3 is 2.88 bits per heavy atom. The zero-order valence-electron chi connectivity index (χ0n) is 14.3. The van der Waals surface area contributed by atoms with E-state index in [0.29, 0.717) is 39.5 Å². The smallest absolute Gasteiger partial charge is 0.163 e. The molecule has 0 aliphatic heterocycles. The van der Waals surface area contributed by atoms with Crippen molar-refractivity contribution >= 4 is 34.1 Å². The molecular weight excluding hydrogens is 357 g/mol. The van der Waals surface area contributed by atoms with Gasteiger partial charge >= 0.3 is 0 Å². The second kappa shape index (κ2) is 7.66. The lowest BCUT2D eigenvalue weighted by Gasteiger charge is -2.13. The highest BCUT2D eigenvalue weighted by Crippen LogP contribution is 2.30. The van der Waals surface area contributed by atoms with Gasteiger partial charge in [-0.15, -0.1) is 0 Å². The molecule has 0 saturated carbocycles. The lowest BCUT2D eigenvalue weighted by Crippen LogP contribution is -2.05. The summed E-state index contributed by atoms with van der Waals surface area (Å²) in [5.74, 6) is 0.291. The van der Waals surface area contributed by atoms with Crippen LogP contribution in [0.25, 0.3) is 10.9 Å². The van der Waals surface area contributed by atoms with Gasteiger partial charge in [-0.05, 0) is 25.5 Å². The number of fused-ring (bicyclic) bond motifs is 1. The summed E-state index contributed by atoms with van der Waals surface area (Å²) < 4.78 is 19.7. The van der Waals surface area contributed by atoms with Gasteiger partial charge in [-0.1, -0.05) is 23.8 Å². The van der Waals surface area contributed by atoms with Gasteiger partial charge < -0.3 is 10.1 Å². The Balaban J connectivity index is 2.09. The van der Waals surface area contributed by atoms with Gasteiger partial charge in [0, 0.05) is 22.9 Å². The molecule has 1 aliphatic carbocycles. The molecule has 1 aromatic heterocycles. The first kappa shape index (κ1) is 18.1. The summed E-state index contributed by atoms with van der Waals surface area (Å²) in [4.78, 5) is 20.3. The van der Waals surface area contributed by atoms with Crippen molar-refractivity contribution in [2.75, 3.05) is 12.4 Å². The molecular formula is C19H17ClFN3O2. The number of Topliss-reactive ketones (excluding diaryl/α,β-unsaturated/α-hetero) is 1. The number of hydrogen-bond acceptors (Lipinski definition) is 5. The number of halogens is 2. The molecule has 2 aromatic rings. The third-order valence-corrected chi connectivity index (χ3v) is 4.25. The van der Waals surface area contributed by atoms with Gasteiger partial charge in [0.2, 0.25) is 0 Å². The lowest BCUT2D eigenvalue weighted by molar-refractivity contribution is 0.101. The van der Waals surface area contributed by atoms with Gasteiger partial charge in [0.15, 0.2) is 5.78 Å². The molecule has 0 unspecified atom stereocenters. The number of aromatic nitrogens is 2. The number of methoxy groups -OCH3 is 1. The standard InChI is InChI=1S/C19H17ClFN3O2/c1-11(25)13-8-14-17(9-18(13)26-2)22-10-23-19(14)24-16-6-4-3-5-12(20)7-15(16)21/h4-6,8-10H,3,7H2,1-2H3,(H,22,23,24)/b6-4?,12-5+,16-15-. The van der Waals surface area contributed by atoms with Crippen LogP contribution in [-0.2, 0) is 0 Å². The van der Waals surface area contributed by atoms with E-state index in [4.69, 9.17) is 16.3 Å². The van der Waals surface area contributed by atoms with Gasteiger partial charge in [-0.25, -0.2) is 14.4 Å². The van der Waals surface area contributed by atoms with Gasteiger partial charge in [-0.2, -0.15) is 0 Å². The molecule has 26 heavy (non-hydrogen) atoms. The number of hydrogen-bond donors (Lipinski definition) is 1. The molecule has 0 atom stereocenters. The first-order valence-corrected chi connectivity index (χ1v) is 8.38. The summed E-state index contributed by atoms with van der Waals surface area (Å²) in [7, 11) is 1.49. The highest BCUT2D eigenvalue weighted by Gasteiger charge is 2.15. The van der Waals surface area contributed by atoms with Crippen LogP contribution in [-0.4, -0.2) is 22.9 Å². The van der Waals surface area contributed by atoms with Crippen molar-refractivity contribution in [3.8, 4) is 5.75 Å². The minimum atomic E-state index is -0.394. The van der Waals surface area contributed by atoms with Crippen LogP contribution in [0.4, 0.5) is 10.2 Å². The summed E-state index contributed by atoms with van der Waals surface area (Å²) >= 11 is 5.99. The Bertz CT molecular complexity index is 967. The molecule has 0 bridgehead atoms. The lowest BCUT2D eigenvalue weighted by atomic mass is 10.1. The summed E-state index contributed by atoms with van der Waals surface area (Å²) in [5.41, 5.74) is 1.26. The maximum atomic E-state index is 14.5. The van der Waals surface area contributed by atoms with E-state index < -0.39 is 5.83 Å². The Morgan fingerprint density at radius 1 is 1.35 bits per heavy atom. The number of benzene rings is 1. The number of nitrogens with zero attached hydrogens (tertiary/aromatic N) is 2. The van der Waals surface area contributed by atoms with Gasteiger partial charge in [-0.3, -0.25) is 4.79 Å². The normalized spacial score (nSPS) is 19.5. The molecule has 5 nitrogen and oxygen atoms in total. The van der Waals surface area contributed by atoms with E-state index in [9.17, 15) is 9.18 Å². The maximum absolute atomic E-state index is 14.5. The summed E-state index contributed by atoms with van der Waals surface area (Å²) in [6.07, 6.45) is 7.22. The molecule has 0 radical (unpaired) electrons. The van der Waals surface area contributed by atoms with E-state index in [1.165, 1.54) is 20.4 Å². The zero-order chi connectivity index (χ0) is 18.7. The second-order valence-electron chi connectivity index (χ2n) is 5.76. The van der Waals surface area contributed by atoms with Crippen LogP contribution < -0.4 is 10.1 Å². The molecule has 1 aromatic carbocycles. The SMILES string of the molecule is COc1cc2ncnc(N/C3=C(\F)C/C(Cl)=C\CC=C3)c2cc1C(C)=O. The van der Waals surface area contributed by atoms with Crippen LogP contribution >= 0.6 is 11.6 Å². The maximum Gasteiger partial charge on any atom is 0.163 e. The molecule has 0 saturated heterocycles. The first-order valence-electron chi connectivity index (χ1n) is 8.00. The number of allylic oxidation sites excluding steroid dienone is 5. The fourth-order valence-corrected chi connectivity index (χ4v) is 2.86. The first-order chi connectivity index (χ1) is 12.5. The summed E-state index contributed by atoms with van der Waals surface area (Å²) in [6, 6.07) is 3.31. The van der Waals surface area contributed by atoms with E-state index in [1.54, 1.807) is 30.4 Å². The average molecular weight is 374 g/mol. The minimum Gasteiger partial charge on any atom is -0.496 e. The quantitative estimate of drug-likeness (QED) is 0.771. The zero-order valence-corrected chi connectivity index (χ0v) is 15.1. The molecule has 134 valence electrons. The van der Waals surface area contributed by atoms with E-state index in [1.807, 2.05) is 0 Å². The van der Waals surface area contributed by atoms with Crippen LogP contribution in [0.3, 0.4) is 0 Å². The molecule has 0 spiro atoms. The van der Waals surface area contributed by atoms with Crippen molar-refractivity contribution in [2.45, 2.75) is 19.8 Å². The third kappa shape index (κ3) is 3.75. The van der Waals surface area contributed by atoms with Crippen molar-refractivity contribution in [1.82, 2.24) is 9.97 Å². The van der Waals surface area contributed by atoms with Crippen molar-refractivity contribution in [3.05, 3.63) is 58.8 Å². The Labute approximate surface area is 155 Å². The van der Waals surface area contributed by atoms with Crippen molar-refractivity contribution in [1.29, 1.82) is 0 Å². The van der Waals surface area contributed by atoms with Gasteiger partial charge in [0.05, 0.1) is 23.9 Å². The van der Waals surface area contributed by atoms with Crippen LogP contribution in [0, 0.1) is 0 Å². The van der Waals surface area contributed by atoms with Gasteiger partial charge in [0.25, 0.3) is 0 Å². The highest BCUT2D eigenvalue weighted by molar-refractivity contribution is 6.29. The van der Waals surface area contributed by atoms with Crippen LogP contribution in [0.5, 0.6) is 5.75 Å². The van der Waals surface area contributed by atoms with Crippen LogP contribution in [0.2, 0.25) is 0 Å². The number of ether oxygens (including phenoxy) is 1. The van der Waals surface area contributed by atoms with E-state index in [2.05, 4.69) is 15.3 Å². The van der Waals surface area contributed by atoms with E-state index >= 15 is 0 Å². The highest BCUT2D eigenvalue weighted by atomic mass is 35.5. The average Bonchev–Trinajstić information content (AvgIpc) is 2.61. The molecule has 1 heterocycles. The number of nitrogens with one attached hydrogen (secondary N) is 1. The predicted molar refractivity (Wildman–Crippen MR) is 100 cm³/mol. The monoisotopic (exact) mass is 373 g/mol. The fourth-order valence-electron chi connectivity index (χ4n) is 2.65. The van der Waals surface area contributed by atoms with Crippen LogP contribution in [0.1, 0.15) is 30.1 Å². The topological polar surface area (TPSA) is 64.1 Å². The molecule has 0 fully saturated rings. The summed E-state index contributed by atoms with van der Waals surface area (Å²) in [6.45, 7) is 1.45. The largest absolute Gasteiger partial charge is 0.496 e. The Morgan fingerprint density at radius 2 is 2.15 bits per heavy atom. The number of anilines is 1. The summed E-state index contributed by atoms with van der Waals surface area (Å²) in [5, 5.41) is 4.03. The Kier molecular flexibility index (Phi) is 5.32. The molecule has 3 rings (SSSR count). The van der Waals surface area contributed by atoms with E-state index in [0.717, 1.165) is 0 Å². The van der Waals surface area contributed by atoms with Crippen molar-refractivity contribution in [3.63, 3.8) is 0 Å².